The summed E-state index contributed by atoms with van der Waals surface area (Å²) in [5.74, 6) is 1.29. The number of benzene rings is 1. The lowest BCUT2D eigenvalue weighted by Crippen LogP contribution is -2.32. The molecule has 4 heteroatoms. The van der Waals surface area contributed by atoms with E-state index in [0.29, 0.717) is 5.75 Å². The van der Waals surface area contributed by atoms with Crippen molar-refractivity contribution in [1.82, 2.24) is 14.9 Å². The molecule has 2 aromatic rings. The zero-order valence-corrected chi connectivity index (χ0v) is 9.72. The maximum atomic E-state index is 9.62. The van der Waals surface area contributed by atoms with E-state index in [1.165, 1.54) is 5.56 Å². The molecule has 1 aliphatic heterocycles. The number of hydrogen-bond acceptors (Lipinski definition) is 3. The van der Waals surface area contributed by atoms with Crippen LogP contribution in [0.15, 0.2) is 30.6 Å². The van der Waals surface area contributed by atoms with Crippen molar-refractivity contribution in [2.75, 3.05) is 6.54 Å². The van der Waals surface area contributed by atoms with Crippen LogP contribution in [0.3, 0.4) is 0 Å². The van der Waals surface area contributed by atoms with Crippen LogP contribution in [-0.4, -0.2) is 21.2 Å². The van der Waals surface area contributed by atoms with E-state index in [0.717, 1.165) is 24.4 Å². The number of nitrogens with one attached hydrogen (secondary N) is 1. The number of rotatable bonds is 1. The Morgan fingerprint density at radius 3 is 3.12 bits per heavy atom. The van der Waals surface area contributed by atoms with E-state index in [9.17, 15) is 5.11 Å². The normalized spacial score (nSPS) is 19.0. The Morgan fingerprint density at radius 2 is 2.35 bits per heavy atom. The Balaban J connectivity index is 2.10. The molecule has 2 N–H and O–H groups in total. The summed E-state index contributed by atoms with van der Waals surface area (Å²) in [5.41, 5.74) is 2.42. The van der Waals surface area contributed by atoms with Crippen molar-refractivity contribution < 1.29 is 5.11 Å². The van der Waals surface area contributed by atoms with E-state index in [1.807, 2.05) is 29.9 Å². The predicted octanol–water partition coefficient (Wildman–Crippen LogP) is 1.36. The fourth-order valence-corrected chi connectivity index (χ4v) is 2.43. The predicted molar refractivity (Wildman–Crippen MR) is 64.9 cm³/mol. The van der Waals surface area contributed by atoms with Crippen molar-refractivity contribution >= 4 is 0 Å². The van der Waals surface area contributed by atoms with Crippen LogP contribution in [0.1, 0.15) is 23.0 Å². The minimum atomic E-state index is 0.0749. The average Bonchev–Trinajstić information content (AvgIpc) is 2.74. The maximum Gasteiger partial charge on any atom is 0.130 e. The van der Waals surface area contributed by atoms with E-state index in [2.05, 4.69) is 10.3 Å². The summed E-state index contributed by atoms with van der Waals surface area (Å²) < 4.78 is 2.01. The molecule has 2 heterocycles. The molecule has 17 heavy (non-hydrogen) atoms. The van der Waals surface area contributed by atoms with Crippen LogP contribution in [0.25, 0.3) is 0 Å². The van der Waals surface area contributed by atoms with Gasteiger partial charge in [-0.1, -0.05) is 6.07 Å². The largest absolute Gasteiger partial charge is 0.508 e. The van der Waals surface area contributed by atoms with Crippen LogP contribution >= 0.6 is 0 Å². The lowest BCUT2D eigenvalue weighted by atomic mass is 9.93. The maximum absolute atomic E-state index is 9.62. The number of aromatic nitrogens is 2. The lowest BCUT2D eigenvalue weighted by Gasteiger charge is -2.26. The molecule has 3 rings (SSSR count). The van der Waals surface area contributed by atoms with Gasteiger partial charge in [-0.2, -0.15) is 0 Å². The van der Waals surface area contributed by atoms with Gasteiger partial charge in [-0.15, -0.1) is 0 Å². The quantitative estimate of drug-likeness (QED) is 0.776. The molecule has 0 saturated heterocycles. The highest BCUT2D eigenvalue weighted by Gasteiger charge is 2.24. The van der Waals surface area contributed by atoms with Gasteiger partial charge in [-0.3, -0.25) is 0 Å². The monoisotopic (exact) mass is 229 g/mol. The lowest BCUT2D eigenvalue weighted by molar-refractivity contribution is 0.468. The number of fused-ring (bicyclic) bond motifs is 1. The first-order chi connectivity index (χ1) is 8.25. The standard InChI is InChI=1S/C13H15N3O/c1-16-7-6-15-13(16)12-11-8-10(17)3-2-9(11)4-5-14-12/h2-3,6-8,12,14,17H,4-5H2,1H3. The van der Waals surface area contributed by atoms with Gasteiger partial charge in [0.25, 0.3) is 0 Å². The molecule has 0 aliphatic carbocycles. The second-order valence-corrected chi connectivity index (χ2v) is 4.42. The molecule has 0 bridgehead atoms. The molecule has 0 saturated carbocycles. The molecular weight excluding hydrogens is 214 g/mol. The molecule has 0 radical (unpaired) electrons. The fraction of sp³-hybridized carbons (Fsp3) is 0.308. The SMILES string of the molecule is Cn1ccnc1C1NCCc2ccc(O)cc21. The van der Waals surface area contributed by atoms with Gasteiger partial charge >= 0.3 is 0 Å². The van der Waals surface area contributed by atoms with Gasteiger partial charge in [-0.25, -0.2) is 4.98 Å². The minimum Gasteiger partial charge on any atom is -0.508 e. The number of nitrogens with zero attached hydrogens (tertiary/aromatic N) is 2. The van der Waals surface area contributed by atoms with Crippen molar-refractivity contribution in [1.29, 1.82) is 0 Å². The van der Waals surface area contributed by atoms with E-state index in [-0.39, 0.29) is 6.04 Å². The summed E-state index contributed by atoms with van der Waals surface area (Å²) in [6, 6.07) is 5.66. The van der Waals surface area contributed by atoms with Gasteiger partial charge in [0.2, 0.25) is 0 Å². The second kappa shape index (κ2) is 3.89. The van der Waals surface area contributed by atoms with Gasteiger partial charge in [0, 0.05) is 26.0 Å². The van der Waals surface area contributed by atoms with Crippen molar-refractivity contribution in [2.24, 2.45) is 7.05 Å². The van der Waals surface area contributed by atoms with Gasteiger partial charge in [0.05, 0.1) is 6.04 Å². The molecular formula is C13H15N3O. The Bertz CT molecular complexity index is 547. The highest BCUT2D eigenvalue weighted by Crippen LogP contribution is 2.30. The van der Waals surface area contributed by atoms with Crippen molar-refractivity contribution in [3.05, 3.63) is 47.5 Å². The average molecular weight is 229 g/mol. The number of phenolic OH excluding ortho intramolecular Hbond substituents is 1. The Morgan fingerprint density at radius 1 is 1.47 bits per heavy atom. The Kier molecular flexibility index (Phi) is 2.37. The molecule has 1 aromatic carbocycles. The molecule has 0 amide bonds. The van der Waals surface area contributed by atoms with E-state index >= 15 is 0 Å². The number of aryl methyl sites for hydroxylation is 1. The Hall–Kier alpha value is -1.81. The van der Waals surface area contributed by atoms with Crippen LogP contribution in [0.4, 0.5) is 0 Å². The number of imidazole rings is 1. The molecule has 1 atom stereocenters. The van der Waals surface area contributed by atoms with Gasteiger partial charge in [-0.05, 0) is 29.7 Å². The fourth-order valence-electron chi connectivity index (χ4n) is 2.43. The molecule has 0 spiro atoms. The summed E-state index contributed by atoms with van der Waals surface area (Å²) in [4.78, 5) is 4.39. The van der Waals surface area contributed by atoms with Crippen molar-refractivity contribution in [3.8, 4) is 5.75 Å². The molecule has 1 aliphatic rings. The smallest absolute Gasteiger partial charge is 0.130 e. The van der Waals surface area contributed by atoms with Crippen LogP contribution in [-0.2, 0) is 13.5 Å². The summed E-state index contributed by atoms with van der Waals surface area (Å²) >= 11 is 0. The summed E-state index contributed by atoms with van der Waals surface area (Å²) in [7, 11) is 1.99. The molecule has 88 valence electrons. The van der Waals surface area contributed by atoms with Crippen LogP contribution in [0.5, 0.6) is 5.75 Å². The second-order valence-electron chi connectivity index (χ2n) is 4.42. The first-order valence-corrected chi connectivity index (χ1v) is 5.78. The van der Waals surface area contributed by atoms with Crippen LogP contribution in [0.2, 0.25) is 0 Å². The molecule has 4 nitrogen and oxygen atoms in total. The zero-order valence-electron chi connectivity index (χ0n) is 9.72. The van der Waals surface area contributed by atoms with Gasteiger partial charge < -0.3 is 15.0 Å². The first kappa shape index (κ1) is 10.4. The number of aromatic hydroxyl groups is 1. The van der Waals surface area contributed by atoms with Gasteiger partial charge in [0.1, 0.15) is 11.6 Å². The summed E-state index contributed by atoms with van der Waals surface area (Å²) in [6.45, 7) is 0.940. The first-order valence-electron chi connectivity index (χ1n) is 5.78. The zero-order chi connectivity index (χ0) is 11.8. The molecule has 1 aromatic heterocycles. The third-order valence-corrected chi connectivity index (χ3v) is 3.30. The third kappa shape index (κ3) is 1.70. The van der Waals surface area contributed by atoms with E-state index in [4.69, 9.17) is 0 Å². The minimum absolute atomic E-state index is 0.0749. The highest BCUT2D eigenvalue weighted by atomic mass is 16.3. The van der Waals surface area contributed by atoms with E-state index < -0.39 is 0 Å². The van der Waals surface area contributed by atoms with Crippen molar-refractivity contribution in [2.45, 2.75) is 12.5 Å². The highest BCUT2D eigenvalue weighted by molar-refractivity contribution is 5.41. The summed E-state index contributed by atoms with van der Waals surface area (Å²) in [6.07, 6.45) is 4.73. The molecule has 0 fully saturated rings. The van der Waals surface area contributed by atoms with Crippen LogP contribution in [0, 0.1) is 0 Å². The van der Waals surface area contributed by atoms with Crippen molar-refractivity contribution in [3.63, 3.8) is 0 Å². The molecule has 1 unspecified atom stereocenters. The topological polar surface area (TPSA) is 50.1 Å². The number of phenols is 1. The number of hydrogen-bond donors (Lipinski definition) is 2. The Labute approximate surface area is 99.9 Å². The van der Waals surface area contributed by atoms with Gasteiger partial charge in [0.15, 0.2) is 0 Å². The van der Waals surface area contributed by atoms with Crippen LogP contribution < -0.4 is 5.32 Å². The third-order valence-electron chi connectivity index (χ3n) is 3.30. The van der Waals surface area contributed by atoms with E-state index in [1.54, 1.807) is 12.3 Å². The summed E-state index contributed by atoms with van der Waals surface area (Å²) in [5, 5.41) is 13.1.